The maximum atomic E-state index is 12.6. The molecule has 4 nitrogen and oxygen atoms in total. The second kappa shape index (κ2) is 5.41. The molecule has 0 amide bonds. The predicted octanol–water partition coefficient (Wildman–Crippen LogP) is 1.87. The maximum absolute atomic E-state index is 12.6. The van der Waals surface area contributed by atoms with Crippen LogP contribution in [0.4, 0.5) is 0 Å². The minimum atomic E-state index is 0.0813. The third-order valence-electron chi connectivity index (χ3n) is 6.85. The largest absolute Gasteiger partial charge is 0.298 e. The molecular weight excluding hydrogens is 276 g/mol. The first kappa shape index (κ1) is 14.8. The highest BCUT2D eigenvalue weighted by atomic mass is 16.1. The number of piperidine rings is 1. The van der Waals surface area contributed by atoms with E-state index in [-0.39, 0.29) is 12.1 Å². The number of fused-ring (bicyclic) bond motifs is 2. The number of Topliss-reactive ketones (excluding diaryl/α,β-unsaturated/α-hetero) is 2. The Morgan fingerprint density at radius 3 is 2.45 bits per heavy atom. The molecule has 2 aliphatic carbocycles. The second-order valence-electron chi connectivity index (χ2n) is 8.05. The first-order valence-corrected chi connectivity index (χ1v) is 9.07. The van der Waals surface area contributed by atoms with E-state index >= 15 is 0 Å². The van der Waals surface area contributed by atoms with Crippen LogP contribution in [-0.4, -0.2) is 59.1 Å². The number of nitrogens with zero attached hydrogens (tertiary/aromatic N) is 2. The van der Waals surface area contributed by atoms with Crippen molar-refractivity contribution in [1.82, 2.24) is 9.80 Å². The van der Waals surface area contributed by atoms with Crippen LogP contribution in [0, 0.1) is 11.8 Å². The molecule has 0 spiro atoms. The van der Waals surface area contributed by atoms with Gasteiger partial charge in [-0.25, -0.2) is 0 Å². The van der Waals surface area contributed by atoms with Crippen molar-refractivity contribution in [2.24, 2.45) is 11.8 Å². The van der Waals surface area contributed by atoms with Gasteiger partial charge in [0.1, 0.15) is 5.78 Å². The first-order valence-electron chi connectivity index (χ1n) is 9.07. The minimum absolute atomic E-state index is 0.0813. The predicted molar refractivity (Wildman–Crippen MR) is 84.6 cm³/mol. The number of ketones is 2. The van der Waals surface area contributed by atoms with E-state index in [1.165, 1.54) is 25.7 Å². The summed E-state index contributed by atoms with van der Waals surface area (Å²) in [6.07, 6.45) is 7.80. The Balaban J connectivity index is 1.37. The number of hydrogen-bond acceptors (Lipinski definition) is 4. The molecule has 2 aliphatic heterocycles. The van der Waals surface area contributed by atoms with Crippen molar-refractivity contribution in [2.75, 3.05) is 13.6 Å². The highest BCUT2D eigenvalue weighted by Gasteiger charge is 2.52. The van der Waals surface area contributed by atoms with Gasteiger partial charge in [0.15, 0.2) is 5.78 Å². The molecule has 4 aliphatic rings. The first-order chi connectivity index (χ1) is 10.6. The molecule has 0 aromatic carbocycles. The lowest BCUT2D eigenvalue weighted by atomic mass is 10.0. The fourth-order valence-electron chi connectivity index (χ4n) is 5.54. The molecular formula is C18H28N2O2. The quantitative estimate of drug-likeness (QED) is 0.777. The Kier molecular flexibility index (Phi) is 3.65. The molecule has 0 aromatic rings. The maximum Gasteiger partial charge on any atom is 0.151 e. The van der Waals surface area contributed by atoms with Gasteiger partial charge < -0.3 is 0 Å². The molecule has 0 bridgehead atoms. The van der Waals surface area contributed by atoms with Gasteiger partial charge in [-0.1, -0.05) is 6.42 Å². The molecule has 0 aromatic heterocycles. The molecule has 4 heteroatoms. The molecule has 2 saturated heterocycles. The van der Waals surface area contributed by atoms with Gasteiger partial charge in [-0.3, -0.25) is 19.4 Å². The van der Waals surface area contributed by atoms with Gasteiger partial charge in [0.2, 0.25) is 0 Å². The van der Waals surface area contributed by atoms with Crippen LogP contribution in [0.3, 0.4) is 0 Å². The van der Waals surface area contributed by atoms with Gasteiger partial charge >= 0.3 is 0 Å². The molecule has 2 saturated carbocycles. The van der Waals surface area contributed by atoms with Crippen molar-refractivity contribution in [3.8, 4) is 0 Å². The van der Waals surface area contributed by atoms with E-state index in [2.05, 4.69) is 16.8 Å². The van der Waals surface area contributed by atoms with Crippen molar-refractivity contribution in [3.05, 3.63) is 0 Å². The lowest BCUT2D eigenvalue weighted by Gasteiger charge is -2.29. The topological polar surface area (TPSA) is 40.6 Å². The normalized spacial score (nSPS) is 44.1. The van der Waals surface area contributed by atoms with Crippen molar-refractivity contribution in [2.45, 2.75) is 76.0 Å². The Morgan fingerprint density at radius 1 is 1.00 bits per heavy atom. The summed E-state index contributed by atoms with van der Waals surface area (Å²) in [6, 6.07) is 1.49. The molecule has 122 valence electrons. The number of hydrogen-bond donors (Lipinski definition) is 0. The third kappa shape index (κ3) is 2.35. The zero-order valence-electron chi connectivity index (χ0n) is 13.8. The Morgan fingerprint density at radius 2 is 1.77 bits per heavy atom. The highest BCUT2D eigenvalue weighted by Crippen LogP contribution is 2.47. The van der Waals surface area contributed by atoms with Gasteiger partial charge in [0.05, 0.1) is 12.1 Å². The zero-order chi connectivity index (χ0) is 15.4. The minimum Gasteiger partial charge on any atom is -0.298 e. The van der Waals surface area contributed by atoms with E-state index in [0.717, 1.165) is 25.3 Å². The molecule has 4 fully saturated rings. The van der Waals surface area contributed by atoms with Crippen LogP contribution in [0.1, 0.15) is 51.9 Å². The fraction of sp³-hybridized carbons (Fsp3) is 0.889. The molecule has 0 N–H and O–H groups in total. The summed E-state index contributed by atoms with van der Waals surface area (Å²) >= 11 is 0. The smallest absolute Gasteiger partial charge is 0.151 e. The fourth-order valence-corrected chi connectivity index (χ4v) is 5.54. The molecule has 0 radical (unpaired) electrons. The number of likely N-dealkylation sites (tertiary alicyclic amines) is 2. The second-order valence-corrected chi connectivity index (χ2v) is 8.05. The van der Waals surface area contributed by atoms with E-state index in [0.29, 0.717) is 36.0 Å². The third-order valence-corrected chi connectivity index (χ3v) is 6.85. The van der Waals surface area contributed by atoms with E-state index in [4.69, 9.17) is 0 Å². The summed E-state index contributed by atoms with van der Waals surface area (Å²) in [4.78, 5) is 29.2. The van der Waals surface area contributed by atoms with Crippen LogP contribution in [0.25, 0.3) is 0 Å². The van der Waals surface area contributed by atoms with E-state index in [1.807, 2.05) is 0 Å². The average molecular weight is 304 g/mol. The Bertz CT molecular complexity index is 491. The summed E-state index contributed by atoms with van der Waals surface area (Å²) in [7, 11) is 2.11. The van der Waals surface area contributed by atoms with Crippen LogP contribution in [0.2, 0.25) is 0 Å². The molecule has 5 unspecified atom stereocenters. The van der Waals surface area contributed by atoms with Crippen molar-refractivity contribution in [3.63, 3.8) is 0 Å². The monoisotopic (exact) mass is 304 g/mol. The standard InChI is InChI=1S/C18H28N2O2/c1-11(21)15-8-12-4-3-5-14(12)20(15)7-6-18(22)17-10-13-9-16(13)19(17)2/h12-17H,3-10H2,1-2H3/t12?,13?,14?,15?,16-,17?/m0/s1. The van der Waals surface area contributed by atoms with E-state index < -0.39 is 0 Å². The van der Waals surface area contributed by atoms with Crippen LogP contribution in [0.15, 0.2) is 0 Å². The van der Waals surface area contributed by atoms with Crippen molar-refractivity contribution in [1.29, 1.82) is 0 Å². The molecule has 6 atom stereocenters. The lowest BCUT2D eigenvalue weighted by Crippen LogP contribution is -2.43. The van der Waals surface area contributed by atoms with Gasteiger partial charge in [-0.05, 0) is 57.9 Å². The number of carbonyl (C=O) groups is 2. The molecule has 22 heavy (non-hydrogen) atoms. The van der Waals surface area contributed by atoms with Crippen LogP contribution < -0.4 is 0 Å². The summed E-state index contributed by atoms with van der Waals surface area (Å²) in [6.45, 7) is 2.52. The zero-order valence-corrected chi connectivity index (χ0v) is 13.8. The van der Waals surface area contributed by atoms with Crippen LogP contribution in [0.5, 0.6) is 0 Å². The Labute approximate surface area is 133 Å². The van der Waals surface area contributed by atoms with Crippen LogP contribution >= 0.6 is 0 Å². The summed E-state index contributed by atoms with van der Waals surface area (Å²) in [5, 5.41) is 0. The van der Waals surface area contributed by atoms with Crippen LogP contribution in [-0.2, 0) is 9.59 Å². The summed E-state index contributed by atoms with van der Waals surface area (Å²) in [5.74, 6) is 2.18. The van der Waals surface area contributed by atoms with E-state index in [9.17, 15) is 9.59 Å². The SMILES string of the molecule is CC(=O)C1CC2CCCC2N1CCC(=O)C1CC2C[C@@H]2N1C. The number of likely N-dealkylation sites (N-methyl/N-ethyl adjacent to an activating group) is 1. The van der Waals surface area contributed by atoms with Gasteiger partial charge in [0, 0.05) is 25.0 Å². The highest BCUT2D eigenvalue weighted by molar-refractivity contribution is 5.85. The molecule has 2 heterocycles. The van der Waals surface area contributed by atoms with Crippen molar-refractivity contribution >= 4 is 11.6 Å². The average Bonchev–Trinajstić information content (AvgIpc) is 2.80. The van der Waals surface area contributed by atoms with E-state index in [1.54, 1.807) is 6.92 Å². The number of carbonyl (C=O) groups excluding carboxylic acids is 2. The van der Waals surface area contributed by atoms with Crippen molar-refractivity contribution < 1.29 is 9.59 Å². The Hall–Kier alpha value is -0.740. The van der Waals surface area contributed by atoms with Gasteiger partial charge in [-0.2, -0.15) is 0 Å². The van der Waals surface area contributed by atoms with Gasteiger partial charge in [0.25, 0.3) is 0 Å². The summed E-state index contributed by atoms with van der Waals surface area (Å²) in [5.41, 5.74) is 0. The lowest BCUT2D eigenvalue weighted by molar-refractivity contribution is -0.126. The summed E-state index contributed by atoms with van der Waals surface area (Å²) < 4.78 is 0. The molecule has 4 rings (SSSR count). The number of rotatable bonds is 5. The van der Waals surface area contributed by atoms with Gasteiger partial charge in [-0.15, -0.1) is 0 Å².